The third-order valence-corrected chi connectivity index (χ3v) is 2.86. The molecule has 0 N–H and O–H groups in total. The predicted molar refractivity (Wildman–Crippen MR) is 56.7 cm³/mol. The average Bonchev–Trinajstić information content (AvgIpc) is 2.50. The van der Waals surface area contributed by atoms with Gasteiger partial charge in [0.2, 0.25) is 0 Å². The average molecular weight is 195 g/mol. The lowest BCUT2D eigenvalue weighted by atomic mass is 10.2. The summed E-state index contributed by atoms with van der Waals surface area (Å²) in [6.45, 7) is 0. The number of rotatable bonds is 1. The van der Waals surface area contributed by atoms with E-state index in [1.54, 1.807) is 16.9 Å². The molecule has 0 radical (unpaired) electrons. The summed E-state index contributed by atoms with van der Waals surface area (Å²) >= 11 is 7.26. The molecule has 1 aromatic carbocycles. The van der Waals surface area contributed by atoms with Crippen LogP contribution in [0.5, 0.6) is 0 Å². The Morgan fingerprint density at radius 3 is 2.92 bits per heavy atom. The number of halogens is 1. The molecular formula is C10H7ClS. The van der Waals surface area contributed by atoms with Crippen molar-refractivity contribution in [2.24, 2.45) is 0 Å². The Balaban J connectivity index is 2.70. The van der Waals surface area contributed by atoms with Crippen LogP contribution < -0.4 is 0 Å². The lowest BCUT2D eigenvalue weighted by Crippen LogP contribution is -1.65. The zero-order valence-corrected chi connectivity index (χ0v) is 7.90. The zero-order chi connectivity index (χ0) is 8.39. The molecule has 0 bridgehead atoms. The Bertz CT molecular complexity index is 414. The molecule has 0 unspecified atom stereocenters. The molecule has 0 saturated carbocycles. The highest BCUT2D eigenvalue weighted by Gasteiger charge is 1.98. The molecule has 0 amide bonds. The van der Waals surface area contributed by atoms with Gasteiger partial charge in [-0.1, -0.05) is 29.8 Å². The number of fused-ring (bicyclic) bond motifs is 1. The van der Waals surface area contributed by atoms with Gasteiger partial charge in [0.05, 0.1) is 0 Å². The Morgan fingerprint density at radius 2 is 2.08 bits per heavy atom. The molecule has 0 aliphatic heterocycles. The van der Waals surface area contributed by atoms with Crippen LogP contribution in [0.1, 0.15) is 5.56 Å². The van der Waals surface area contributed by atoms with Gasteiger partial charge in [-0.3, -0.25) is 0 Å². The zero-order valence-electron chi connectivity index (χ0n) is 6.33. The van der Waals surface area contributed by atoms with Crippen molar-refractivity contribution < 1.29 is 0 Å². The van der Waals surface area contributed by atoms with Gasteiger partial charge in [-0.25, -0.2) is 0 Å². The van der Waals surface area contributed by atoms with E-state index in [2.05, 4.69) is 17.5 Å². The maximum absolute atomic E-state index is 5.52. The van der Waals surface area contributed by atoms with Crippen LogP contribution in [0.2, 0.25) is 0 Å². The van der Waals surface area contributed by atoms with Crippen molar-refractivity contribution in [3.05, 3.63) is 40.7 Å². The van der Waals surface area contributed by atoms with Gasteiger partial charge in [-0.2, -0.15) is 0 Å². The Hall–Kier alpha value is -0.790. The van der Waals surface area contributed by atoms with E-state index in [0.29, 0.717) is 0 Å². The van der Waals surface area contributed by atoms with Crippen LogP contribution in [0.15, 0.2) is 35.2 Å². The molecule has 0 saturated heterocycles. The molecule has 2 aromatic rings. The van der Waals surface area contributed by atoms with Gasteiger partial charge in [0, 0.05) is 10.2 Å². The Labute approximate surface area is 80.1 Å². The van der Waals surface area contributed by atoms with Gasteiger partial charge < -0.3 is 0 Å². The Kier molecular flexibility index (Phi) is 2.15. The molecule has 2 rings (SSSR count). The van der Waals surface area contributed by atoms with Gasteiger partial charge >= 0.3 is 0 Å². The first kappa shape index (κ1) is 7.84. The van der Waals surface area contributed by atoms with E-state index < -0.39 is 0 Å². The van der Waals surface area contributed by atoms with Crippen LogP contribution >= 0.6 is 22.9 Å². The van der Waals surface area contributed by atoms with Crippen molar-refractivity contribution in [1.82, 2.24) is 0 Å². The van der Waals surface area contributed by atoms with Crippen molar-refractivity contribution in [3.8, 4) is 0 Å². The van der Waals surface area contributed by atoms with Gasteiger partial charge in [-0.15, -0.1) is 11.3 Å². The van der Waals surface area contributed by atoms with E-state index in [4.69, 9.17) is 11.6 Å². The van der Waals surface area contributed by atoms with Crippen LogP contribution in [-0.4, -0.2) is 0 Å². The molecule has 1 heterocycles. The smallest absolute Gasteiger partial charge is 0.0348 e. The fraction of sp³-hybridized carbons (Fsp3) is 0. The molecule has 60 valence electrons. The van der Waals surface area contributed by atoms with Crippen molar-refractivity contribution in [1.29, 1.82) is 0 Å². The summed E-state index contributed by atoms with van der Waals surface area (Å²) in [5, 5.41) is 3.39. The minimum atomic E-state index is 1.20. The van der Waals surface area contributed by atoms with E-state index in [0.717, 1.165) is 0 Å². The second kappa shape index (κ2) is 3.30. The molecule has 1 aromatic heterocycles. The number of benzene rings is 1. The molecule has 2 heteroatoms. The van der Waals surface area contributed by atoms with Crippen LogP contribution in [0.25, 0.3) is 16.2 Å². The lowest BCUT2D eigenvalue weighted by Gasteiger charge is -1.88. The van der Waals surface area contributed by atoms with Crippen molar-refractivity contribution >= 4 is 39.1 Å². The molecule has 0 fully saturated rings. The van der Waals surface area contributed by atoms with E-state index in [1.165, 1.54) is 15.6 Å². The molecule has 0 aliphatic rings. The number of thiophene rings is 1. The van der Waals surface area contributed by atoms with Crippen molar-refractivity contribution in [2.45, 2.75) is 0 Å². The van der Waals surface area contributed by atoms with E-state index in [9.17, 15) is 0 Å². The third kappa shape index (κ3) is 1.26. The van der Waals surface area contributed by atoms with Crippen LogP contribution in [0.3, 0.4) is 0 Å². The topological polar surface area (TPSA) is 0 Å². The fourth-order valence-electron chi connectivity index (χ4n) is 1.20. The van der Waals surface area contributed by atoms with E-state index in [1.807, 2.05) is 18.2 Å². The standard InChI is InChI=1S/C10H7ClS/c11-6-5-8-7-12-10-4-2-1-3-9(8)10/h1-7H/b6-5+. The van der Waals surface area contributed by atoms with Crippen LogP contribution in [0.4, 0.5) is 0 Å². The van der Waals surface area contributed by atoms with Gasteiger partial charge in [0.1, 0.15) is 0 Å². The molecule has 0 aliphatic carbocycles. The summed E-state index contributed by atoms with van der Waals surface area (Å²) < 4.78 is 1.31. The normalized spacial score (nSPS) is 11.4. The highest BCUT2D eigenvalue weighted by molar-refractivity contribution is 7.17. The predicted octanol–water partition coefficient (Wildman–Crippen LogP) is 4.11. The summed E-state index contributed by atoms with van der Waals surface area (Å²) in [6, 6.07) is 8.32. The minimum Gasteiger partial charge on any atom is -0.143 e. The largest absolute Gasteiger partial charge is 0.143 e. The number of hydrogen-bond donors (Lipinski definition) is 0. The molecule has 0 nitrogen and oxygen atoms in total. The molecule has 12 heavy (non-hydrogen) atoms. The summed E-state index contributed by atoms with van der Waals surface area (Å²) in [6.07, 6.45) is 1.92. The quantitative estimate of drug-likeness (QED) is 0.641. The summed E-state index contributed by atoms with van der Waals surface area (Å²) in [7, 11) is 0. The minimum absolute atomic E-state index is 1.20. The molecular weight excluding hydrogens is 188 g/mol. The number of hydrogen-bond acceptors (Lipinski definition) is 1. The maximum Gasteiger partial charge on any atom is 0.0348 e. The van der Waals surface area contributed by atoms with E-state index in [-0.39, 0.29) is 0 Å². The lowest BCUT2D eigenvalue weighted by molar-refractivity contribution is 1.83. The first-order valence-electron chi connectivity index (χ1n) is 3.65. The third-order valence-electron chi connectivity index (χ3n) is 1.75. The molecule has 0 atom stereocenters. The van der Waals surface area contributed by atoms with Gasteiger partial charge in [0.25, 0.3) is 0 Å². The Morgan fingerprint density at radius 1 is 1.25 bits per heavy atom. The SMILES string of the molecule is Cl/C=C/c1csc2ccccc12. The summed E-state index contributed by atoms with van der Waals surface area (Å²) in [4.78, 5) is 0. The first-order chi connectivity index (χ1) is 5.92. The van der Waals surface area contributed by atoms with Crippen molar-refractivity contribution in [2.75, 3.05) is 0 Å². The van der Waals surface area contributed by atoms with Gasteiger partial charge in [-0.05, 0) is 28.5 Å². The van der Waals surface area contributed by atoms with Crippen LogP contribution in [-0.2, 0) is 0 Å². The first-order valence-corrected chi connectivity index (χ1v) is 4.96. The fourth-order valence-corrected chi connectivity index (χ4v) is 2.26. The maximum atomic E-state index is 5.52. The van der Waals surface area contributed by atoms with Crippen LogP contribution in [0, 0.1) is 0 Å². The van der Waals surface area contributed by atoms with E-state index >= 15 is 0 Å². The highest BCUT2D eigenvalue weighted by Crippen LogP contribution is 2.26. The second-order valence-electron chi connectivity index (χ2n) is 2.48. The monoisotopic (exact) mass is 194 g/mol. The second-order valence-corrected chi connectivity index (χ2v) is 3.64. The highest BCUT2D eigenvalue weighted by atomic mass is 35.5. The summed E-state index contributed by atoms with van der Waals surface area (Å²) in [5.41, 5.74) is 2.75. The summed E-state index contributed by atoms with van der Waals surface area (Å²) in [5.74, 6) is 0. The van der Waals surface area contributed by atoms with Crippen molar-refractivity contribution in [3.63, 3.8) is 0 Å². The van der Waals surface area contributed by atoms with Gasteiger partial charge in [0.15, 0.2) is 0 Å². The molecule has 0 spiro atoms.